The van der Waals surface area contributed by atoms with Crippen LogP contribution in [0.4, 0.5) is 0 Å². The SMILES string of the molecule is CCc1cc(C2NCCNC2=O)ccc1OC. The van der Waals surface area contributed by atoms with Gasteiger partial charge >= 0.3 is 0 Å². The summed E-state index contributed by atoms with van der Waals surface area (Å²) in [6, 6.07) is 5.68. The predicted octanol–water partition coefficient (Wildman–Crippen LogP) is 1.02. The monoisotopic (exact) mass is 234 g/mol. The molecule has 1 fully saturated rings. The maximum absolute atomic E-state index is 11.7. The standard InChI is InChI=1S/C13H18N2O2/c1-3-9-8-10(4-5-11(9)17-2)12-13(16)15-7-6-14-12/h4-5,8,12,14H,3,6-7H2,1-2H3,(H,15,16). The van der Waals surface area contributed by atoms with Crippen LogP contribution in [0.25, 0.3) is 0 Å². The lowest BCUT2D eigenvalue weighted by molar-refractivity contribution is -0.124. The zero-order valence-corrected chi connectivity index (χ0v) is 10.2. The molecule has 1 aromatic carbocycles. The molecule has 0 bridgehead atoms. The van der Waals surface area contributed by atoms with Gasteiger partial charge < -0.3 is 15.4 Å². The molecule has 17 heavy (non-hydrogen) atoms. The molecule has 0 radical (unpaired) electrons. The van der Waals surface area contributed by atoms with Crippen molar-refractivity contribution in [2.24, 2.45) is 0 Å². The Morgan fingerprint density at radius 1 is 1.41 bits per heavy atom. The van der Waals surface area contributed by atoms with Crippen molar-refractivity contribution in [1.29, 1.82) is 0 Å². The van der Waals surface area contributed by atoms with Crippen LogP contribution in [0.5, 0.6) is 5.75 Å². The van der Waals surface area contributed by atoms with Gasteiger partial charge in [-0.2, -0.15) is 0 Å². The van der Waals surface area contributed by atoms with E-state index in [2.05, 4.69) is 17.6 Å². The first-order valence-corrected chi connectivity index (χ1v) is 5.94. The second-order valence-corrected chi connectivity index (χ2v) is 4.10. The molecule has 1 atom stereocenters. The fraction of sp³-hybridized carbons (Fsp3) is 0.462. The molecule has 4 heteroatoms. The summed E-state index contributed by atoms with van der Waals surface area (Å²) in [5.74, 6) is 0.927. The smallest absolute Gasteiger partial charge is 0.241 e. The van der Waals surface area contributed by atoms with Crippen molar-refractivity contribution in [3.63, 3.8) is 0 Å². The minimum absolute atomic E-state index is 0.0449. The van der Waals surface area contributed by atoms with E-state index >= 15 is 0 Å². The molecular weight excluding hydrogens is 216 g/mol. The summed E-state index contributed by atoms with van der Waals surface area (Å²) in [6.45, 7) is 3.59. The molecule has 2 N–H and O–H groups in total. The van der Waals surface area contributed by atoms with Crippen LogP contribution in [-0.2, 0) is 11.2 Å². The third-order valence-corrected chi connectivity index (χ3v) is 3.05. The molecule has 1 aliphatic rings. The lowest BCUT2D eigenvalue weighted by Gasteiger charge is -2.24. The van der Waals surface area contributed by atoms with Gasteiger partial charge in [-0.05, 0) is 23.6 Å². The number of hydrogen-bond acceptors (Lipinski definition) is 3. The van der Waals surface area contributed by atoms with E-state index in [1.807, 2.05) is 18.2 Å². The lowest BCUT2D eigenvalue weighted by atomic mass is 10.0. The molecular formula is C13H18N2O2. The summed E-state index contributed by atoms with van der Waals surface area (Å²) in [5, 5.41) is 6.09. The van der Waals surface area contributed by atoms with E-state index in [0.29, 0.717) is 6.54 Å². The van der Waals surface area contributed by atoms with Gasteiger partial charge in [-0.15, -0.1) is 0 Å². The van der Waals surface area contributed by atoms with Crippen LogP contribution in [0.3, 0.4) is 0 Å². The molecule has 0 aliphatic carbocycles. The van der Waals surface area contributed by atoms with E-state index < -0.39 is 0 Å². The van der Waals surface area contributed by atoms with Crippen LogP contribution in [0.15, 0.2) is 18.2 Å². The van der Waals surface area contributed by atoms with E-state index in [-0.39, 0.29) is 11.9 Å². The number of amides is 1. The van der Waals surface area contributed by atoms with Crippen molar-refractivity contribution < 1.29 is 9.53 Å². The van der Waals surface area contributed by atoms with Gasteiger partial charge in [0.2, 0.25) is 5.91 Å². The number of aryl methyl sites for hydroxylation is 1. The molecule has 1 amide bonds. The maximum Gasteiger partial charge on any atom is 0.241 e. The Hall–Kier alpha value is -1.55. The highest BCUT2D eigenvalue weighted by Gasteiger charge is 2.23. The Labute approximate surface area is 101 Å². The lowest BCUT2D eigenvalue weighted by Crippen LogP contribution is -2.47. The number of carbonyl (C=O) groups is 1. The molecule has 1 saturated heterocycles. The number of carbonyl (C=O) groups excluding carboxylic acids is 1. The maximum atomic E-state index is 11.7. The van der Waals surface area contributed by atoms with Crippen molar-refractivity contribution in [2.45, 2.75) is 19.4 Å². The molecule has 1 aromatic rings. The van der Waals surface area contributed by atoms with Gasteiger partial charge in [-0.25, -0.2) is 0 Å². The largest absolute Gasteiger partial charge is 0.496 e. The summed E-state index contributed by atoms with van der Waals surface area (Å²) >= 11 is 0. The normalized spacial score (nSPS) is 19.9. The van der Waals surface area contributed by atoms with Crippen molar-refractivity contribution in [3.8, 4) is 5.75 Å². The van der Waals surface area contributed by atoms with Crippen LogP contribution < -0.4 is 15.4 Å². The number of piperazine rings is 1. The third-order valence-electron chi connectivity index (χ3n) is 3.05. The van der Waals surface area contributed by atoms with E-state index in [1.165, 1.54) is 0 Å². The highest BCUT2D eigenvalue weighted by molar-refractivity contribution is 5.84. The molecule has 1 aliphatic heterocycles. The molecule has 92 valence electrons. The average molecular weight is 234 g/mol. The van der Waals surface area contributed by atoms with Crippen LogP contribution in [0.1, 0.15) is 24.1 Å². The first-order chi connectivity index (χ1) is 8.26. The minimum atomic E-state index is -0.236. The second kappa shape index (κ2) is 5.19. The topological polar surface area (TPSA) is 50.4 Å². The Bertz CT molecular complexity index is 418. The fourth-order valence-electron chi connectivity index (χ4n) is 2.12. The summed E-state index contributed by atoms with van der Waals surface area (Å²) in [5.41, 5.74) is 2.13. The van der Waals surface area contributed by atoms with Gasteiger partial charge in [-0.3, -0.25) is 4.79 Å². The van der Waals surface area contributed by atoms with Gasteiger partial charge in [0.25, 0.3) is 0 Å². The second-order valence-electron chi connectivity index (χ2n) is 4.10. The molecule has 1 heterocycles. The highest BCUT2D eigenvalue weighted by Crippen LogP contribution is 2.24. The van der Waals surface area contributed by atoms with Crippen molar-refractivity contribution in [1.82, 2.24) is 10.6 Å². The summed E-state index contributed by atoms with van der Waals surface area (Å²) in [7, 11) is 1.67. The molecule has 2 rings (SSSR count). The van der Waals surface area contributed by atoms with Crippen molar-refractivity contribution in [3.05, 3.63) is 29.3 Å². The zero-order valence-electron chi connectivity index (χ0n) is 10.2. The number of hydrogen-bond donors (Lipinski definition) is 2. The fourth-order valence-corrected chi connectivity index (χ4v) is 2.12. The van der Waals surface area contributed by atoms with Crippen LogP contribution >= 0.6 is 0 Å². The van der Waals surface area contributed by atoms with Gasteiger partial charge in [0.1, 0.15) is 11.8 Å². The summed E-state index contributed by atoms with van der Waals surface area (Å²) in [4.78, 5) is 11.7. The van der Waals surface area contributed by atoms with E-state index in [1.54, 1.807) is 7.11 Å². The number of benzene rings is 1. The summed E-state index contributed by atoms with van der Waals surface area (Å²) < 4.78 is 5.28. The van der Waals surface area contributed by atoms with Crippen LogP contribution in [0.2, 0.25) is 0 Å². The average Bonchev–Trinajstić information content (AvgIpc) is 2.38. The zero-order chi connectivity index (χ0) is 12.3. The van der Waals surface area contributed by atoms with Crippen molar-refractivity contribution >= 4 is 5.91 Å². The molecule has 0 spiro atoms. The number of rotatable bonds is 3. The quantitative estimate of drug-likeness (QED) is 0.821. The Kier molecular flexibility index (Phi) is 3.64. The Balaban J connectivity index is 2.29. The highest BCUT2D eigenvalue weighted by atomic mass is 16.5. The molecule has 0 aromatic heterocycles. The van der Waals surface area contributed by atoms with E-state index in [4.69, 9.17) is 4.74 Å². The number of methoxy groups -OCH3 is 1. The molecule has 1 unspecified atom stereocenters. The minimum Gasteiger partial charge on any atom is -0.496 e. The molecule has 4 nitrogen and oxygen atoms in total. The Morgan fingerprint density at radius 2 is 2.24 bits per heavy atom. The third kappa shape index (κ3) is 2.42. The van der Waals surface area contributed by atoms with Gasteiger partial charge in [0, 0.05) is 13.1 Å². The van der Waals surface area contributed by atoms with Gasteiger partial charge in [0.05, 0.1) is 7.11 Å². The first-order valence-electron chi connectivity index (χ1n) is 5.94. The van der Waals surface area contributed by atoms with E-state index in [9.17, 15) is 4.79 Å². The van der Waals surface area contributed by atoms with Gasteiger partial charge in [-0.1, -0.05) is 19.1 Å². The van der Waals surface area contributed by atoms with Crippen LogP contribution in [0, 0.1) is 0 Å². The van der Waals surface area contributed by atoms with Gasteiger partial charge in [0.15, 0.2) is 0 Å². The van der Waals surface area contributed by atoms with Crippen LogP contribution in [-0.4, -0.2) is 26.1 Å². The van der Waals surface area contributed by atoms with E-state index in [0.717, 1.165) is 29.8 Å². The predicted molar refractivity (Wildman–Crippen MR) is 66.1 cm³/mol. The summed E-state index contributed by atoms with van der Waals surface area (Å²) in [6.07, 6.45) is 0.894. The van der Waals surface area contributed by atoms with Crippen molar-refractivity contribution in [2.75, 3.05) is 20.2 Å². The first kappa shape index (κ1) is 11.9. The number of ether oxygens (including phenoxy) is 1. The Morgan fingerprint density at radius 3 is 2.88 bits per heavy atom. The molecule has 0 saturated carbocycles. The number of nitrogens with one attached hydrogen (secondary N) is 2.